The van der Waals surface area contributed by atoms with Crippen LogP contribution in [0.15, 0.2) is 0 Å². The second kappa shape index (κ2) is 11.9. The van der Waals surface area contributed by atoms with Crippen LogP contribution in [0.5, 0.6) is 0 Å². The first-order chi connectivity index (χ1) is 9.89. The summed E-state index contributed by atoms with van der Waals surface area (Å²) in [7, 11) is 0. The Morgan fingerprint density at radius 3 is 2.19 bits per heavy atom. The van der Waals surface area contributed by atoms with Crippen LogP contribution in [0.3, 0.4) is 0 Å². The first-order valence-electron chi connectivity index (χ1n) is 7.80. The Balaban J connectivity index is 3.52. The van der Waals surface area contributed by atoms with Crippen molar-refractivity contribution in [3.63, 3.8) is 0 Å². The molecule has 0 unspecified atom stereocenters. The number of amides is 1. The number of aliphatic hydroxyl groups is 2. The zero-order valence-corrected chi connectivity index (χ0v) is 13.8. The van der Waals surface area contributed by atoms with Gasteiger partial charge in [0, 0.05) is 32.6 Å². The lowest BCUT2D eigenvalue weighted by Gasteiger charge is -2.20. The third-order valence-corrected chi connectivity index (χ3v) is 3.01. The lowest BCUT2D eigenvalue weighted by atomic mass is 9.97. The van der Waals surface area contributed by atoms with Gasteiger partial charge in [0.1, 0.15) is 0 Å². The van der Waals surface area contributed by atoms with E-state index < -0.39 is 0 Å². The van der Waals surface area contributed by atoms with E-state index in [9.17, 15) is 4.79 Å². The molecule has 0 heterocycles. The molecule has 0 atom stereocenters. The van der Waals surface area contributed by atoms with Crippen LogP contribution in [0.25, 0.3) is 0 Å². The number of hydrogen-bond acceptors (Lipinski definition) is 5. The van der Waals surface area contributed by atoms with E-state index in [1.807, 2.05) is 4.90 Å². The molecule has 6 nitrogen and oxygen atoms in total. The Kier molecular flexibility index (Phi) is 11.5. The summed E-state index contributed by atoms with van der Waals surface area (Å²) < 4.78 is 0. The first kappa shape index (κ1) is 20.3. The zero-order chi connectivity index (χ0) is 16.1. The summed E-state index contributed by atoms with van der Waals surface area (Å²) >= 11 is 0. The number of carbonyl (C=O) groups excluding carboxylic acids is 1. The first-order valence-corrected chi connectivity index (χ1v) is 7.80. The quantitative estimate of drug-likeness (QED) is 0.375. The van der Waals surface area contributed by atoms with Crippen molar-refractivity contribution in [3.05, 3.63) is 0 Å². The average Bonchev–Trinajstić information content (AvgIpc) is 2.40. The molecule has 21 heavy (non-hydrogen) atoms. The summed E-state index contributed by atoms with van der Waals surface area (Å²) in [5.41, 5.74) is 0.117. The van der Waals surface area contributed by atoms with Crippen molar-refractivity contribution >= 4 is 5.91 Å². The van der Waals surface area contributed by atoms with Crippen LogP contribution in [0, 0.1) is 5.41 Å². The van der Waals surface area contributed by atoms with Crippen LogP contribution in [-0.2, 0) is 4.79 Å². The standard InChI is InChI=1S/C15H33N3O3/c1-15(2,3)13-17-14(21)5-7-16-6-4-8-18(9-11-19)10-12-20/h16,19-20H,4-13H2,1-3H3,(H,17,21). The van der Waals surface area contributed by atoms with Crippen LogP contribution in [0.1, 0.15) is 33.6 Å². The summed E-state index contributed by atoms with van der Waals surface area (Å²) in [6, 6.07) is 0. The van der Waals surface area contributed by atoms with Gasteiger partial charge in [0.05, 0.1) is 13.2 Å². The predicted octanol–water partition coefficient (Wildman–Crippen LogP) is -0.195. The summed E-state index contributed by atoms with van der Waals surface area (Å²) in [6.07, 6.45) is 1.43. The van der Waals surface area contributed by atoms with Gasteiger partial charge in [0.15, 0.2) is 0 Å². The van der Waals surface area contributed by atoms with E-state index in [0.717, 1.165) is 19.5 Å². The Hall–Kier alpha value is -0.690. The number of hydrogen-bond donors (Lipinski definition) is 4. The molecular formula is C15H33N3O3. The van der Waals surface area contributed by atoms with Crippen molar-refractivity contribution in [3.8, 4) is 0 Å². The van der Waals surface area contributed by atoms with E-state index in [0.29, 0.717) is 32.6 Å². The van der Waals surface area contributed by atoms with E-state index in [2.05, 4.69) is 31.4 Å². The van der Waals surface area contributed by atoms with E-state index in [1.165, 1.54) is 0 Å². The van der Waals surface area contributed by atoms with Gasteiger partial charge in [-0.2, -0.15) is 0 Å². The molecule has 0 rings (SSSR count). The average molecular weight is 303 g/mol. The summed E-state index contributed by atoms with van der Waals surface area (Å²) in [5, 5.41) is 23.9. The normalized spacial score (nSPS) is 11.9. The van der Waals surface area contributed by atoms with Gasteiger partial charge in [0.25, 0.3) is 0 Å². The Morgan fingerprint density at radius 2 is 1.67 bits per heavy atom. The minimum absolute atomic E-state index is 0.0830. The maximum atomic E-state index is 11.6. The van der Waals surface area contributed by atoms with Gasteiger partial charge in [-0.25, -0.2) is 0 Å². The van der Waals surface area contributed by atoms with Gasteiger partial charge < -0.3 is 20.8 Å². The van der Waals surface area contributed by atoms with Gasteiger partial charge in [-0.15, -0.1) is 0 Å². The zero-order valence-electron chi connectivity index (χ0n) is 13.8. The number of carbonyl (C=O) groups is 1. The van der Waals surface area contributed by atoms with E-state index in [4.69, 9.17) is 10.2 Å². The van der Waals surface area contributed by atoms with Crippen LogP contribution >= 0.6 is 0 Å². The second-order valence-electron chi connectivity index (χ2n) is 6.48. The van der Waals surface area contributed by atoms with Crippen molar-refractivity contribution in [2.75, 3.05) is 52.5 Å². The fraction of sp³-hybridized carbons (Fsp3) is 0.933. The highest BCUT2D eigenvalue weighted by molar-refractivity contribution is 5.76. The molecule has 4 N–H and O–H groups in total. The van der Waals surface area contributed by atoms with E-state index in [-0.39, 0.29) is 24.5 Å². The summed E-state index contributed by atoms with van der Waals surface area (Å²) in [6.45, 7) is 10.7. The van der Waals surface area contributed by atoms with Crippen molar-refractivity contribution in [2.45, 2.75) is 33.6 Å². The largest absolute Gasteiger partial charge is 0.395 e. The van der Waals surface area contributed by atoms with E-state index >= 15 is 0 Å². The second-order valence-corrected chi connectivity index (χ2v) is 6.48. The Morgan fingerprint density at radius 1 is 1.05 bits per heavy atom. The van der Waals surface area contributed by atoms with Gasteiger partial charge in [-0.05, 0) is 24.9 Å². The maximum Gasteiger partial charge on any atom is 0.221 e. The van der Waals surface area contributed by atoms with Crippen molar-refractivity contribution in [1.29, 1.82) is 0 Å². The monoisotopic (exact) mass is 303 g/mol. The molecule has 0 radical (unpaired) electrons. The molecule has 126 valence electrons. The van der Waals surface area contributed by atoms with Crippen LogP contribution < -0.4 is 10.6 Å². The molecule has 0 fully saturated rings. The molecule has 0 aromatic carbocycles. The lowest BCUT2D eigenvalue weighted by Crippen LogP contribution is -2.35. The summed E-state index contributed by atoms with van der Waals surface area (Å²) in [4.78, 5) is 13.6. The maximum absolute atomic E-state index is 11.6. The highest BCUT2D eigenvalue weighted by atomic mass is 16.3. The highest BCUT2D eigenvalue weighted by Crippen LogP contribution is 2.10. The lowest BCUT2D eigenvalue weighted by molar-refractivity contribution is -0.121. The molecule has 0 saturated carbocycles. The Labute approximate surface area is 128 Å². The predicted molar refractivity (Wildman–Crippen MR) is 85.2 cm³/mol. The Bertz CT molecular complexity index is 261. The molecule has 0 aliphatic heterocycles. The van der Waals surface area contributed by atoms with Gasteiger partial charge in [-0.1, -0.05) is 20.8 Å². The molecule has 0 aliphatic carbocycles. The van der Waals surface area contributed by atoms with Crippen LogP contribution in [0.2, 0.25) is 0 Å². The fourth-order valence-corrected chi connectivity index (χ4v) is 1.82. The smallest absolute Gasteiger partial charge is 0.221 e. The van der Waals surface area contributed by atoms with Crippen molar-refractivity contribution < 1.29 is 15.0 Å². The number of rotatable bonds is 12. The fourth-order valence-electron chi connectivity index (χ4n) is 1.82. The SMILES string of the molecule is CC(C)(C)CNC(=O)CCNCCCN(CCO)CCO. The van der Waals surface area contributed by atoms with Gasteiger partial charge >= 0.3 is 0 Å². The molecule has 6 heteroatoms. The minimum atomic E-state index is 0.0830. The van der Waals surface area contributed by atoms with Crippen molar-refractivity contribution in [1.82, 2.24) is 15.5 Å². The molecule has 0 aromatic heterocycles. The molecule has 0 spiro atoms. The van der Waals surface area contributed by atoms with Gasteiger partial charge in [-0.3, -0.25) is 9.69 Å². The summed E-state index contributed by atoms with van der Waals surface area (Å²) in [5.74, 6) is 0.0830. The van der Waals surface area contributed by atoms with E-state index in [1.54, 1.807) is 0 Å². The number of nitrogens with zero attached hydrogens (tertiary/aromatic N) is 1. The molecule has 0 saturated heterocycles. The number of nitrogens with one attached hydrogen (secondary N) is 2. The van der Waals surface area contributed by atoms with Gasteiger partial charge in [0.2, 0.25) is 5.91 Å². The molecule has 0 aromatic rings. The number of aliphatic hydroxyl groups excluding tert-OH is 2. The highest BCUT2D eigenvalue weighted by Gasteiger charge is 2.11. The van der Waals surface area contributed by atoms with Crippen LogP contribution in [0.4, 0.5) is 0 Å². The molecule has 0 bridgehead atoms. The third-order valence-electron chi connectivity index (χ3n) is 3.01. The topological polar surface area (TPSA) is 84.8 Å². The molecule has 0 aliphatic rings. The molecular weight excluding hydrogens is 270 g/mol. The van der Waals surface area contributed by atoms with Crippen molar-refractivity contribution in [2.24, 2.45) is 5.41 Å². The molecule has 1 amide bonds. The third kappa shape index (κ3) is 14.0. The van der Waals surface area contributed by atoms with Crippen LogP contribution in [-0.4, -0.2) is 73.5 Å². The minimum Gasteiger partial charge on any atom is -0.395 e.